The first-order chi connectivity index (χ1) is 25.6. The number of phenolic OH excluding ortho intramolecular Hbond substituents is 1. The summed E-state index contributed by atoms with van der Waals surface area (Å²) in [5, 5.41) is 16.2. The number of nitrogens with one attached hydrogen (secondary N) is 1. The van der Waals surface area contributed by atoms with Gasteiger partial charge in [0, 0.05) is 22.9 Å². The van der Waals surface area contributed by atoms with Crippen LogP contribution in [0.15, 0.2) is 121 Å². The van der Waals surface area contributed by atoms with Crippen molar-refractivity contribution in [3.8, 4) is 50.6 Å². The lowest BCUT2D eigenvalue weighted by Crippen LogP contribution is -2.28. The molecule has 0 aliphatic carbocycles. The Hall–Kier alpha value is -5.68. The van der Waals surface area contributed by atoms with Gasteiger partial charge in [-0.25, -0.2) is 4.98 Å². The average Bonchev–Trinajstić information content (AvgIpc) is 3.53. The first-order valence-electron chi connectivity index (χ1n) is 19.0. The summed E-state index contributed by atoms with van der Waals surface area (Å²) in [4.78, 5) is 10.4. The highest BCUT2D eigenvalue weighted by atomic mass is 16.3. The van der Waals surface area contributed by atoms with Crippen LogP contribution in [0.5, 0.6) is 5.75 Å². The summed E-state index contributed by atoms with van der Waals surface area (Å²) in [5.41, 5.74) is 13.8. The Kier molecular flexibility index (Phi) is 8.33. The van der Waals surface area contributed by atoms with Gasteiger partial charge in [-0.05, 0) is 86.0 Å². The maximum atomic E-state index is 12.3. The van der Waals surface area contributed by atoms with Crippen molar-refractivity contribution in [1.82, 2.24) is 14.5 Å². The largest absolute Gasteiger partial charge is 0.507 e. The van der Waals surface area contributed by atoms with Gasteiger partial charge in [0.25, 0.3) is 0 Å². The van der Waals surface area contributed by atoms with E-state index in [0.29, 0.717) is 0 Å². The number of nitrogens with zero attached hydrogens (tertiary/aromatic N) is 3. The van der Waals surface area contributed by atoms with Crippen LogP contribution in [0.1, 0.15) is 90.7 Å². The van der Waals surface area contributed by atoms with Gasteiger partial charge in [-0.3, -0.25) is 9.55 Å². The van der Waals surface area contributed by atoms with Gasteiger partial charge in [-0.15, -0.1) is 0 Å². The Balaban J connectivity index is 1.40. The third-order valence-electron chi connectivity index (χ3n) is 10.8. The van der Waals surface area contributed by atoms with Crippen molar-refractivity contribution in [3.63, 3.8) is 0 Å². The molecule has 7 aromatic rings. The predicted molar refractivity (Wildman–Crippen MR) is 225 cm³/mol. The smallest absolute Gasteiger partial charge is 0.149 e. The summed E-state index contributed by atoms with van der Waals surface area (Å²) < 4.78 is 2.29. The molecule has 2 aromatic heterocycles. The fraction of sp³-hybridized carbons (Fsp3) is 0.265. The summed E-state index contributed by atoms with van der Waals surface area (Å²) in [6.07, 6.45) is 1.67. The fourth-order valence-corrected chi connectivity index (χ4v) is 7.82. The van der Waals surface area contributed by atoms with Crippen LogP contribution in [0.3, 0.4) is 0 Å². The number of aromatic hydroxyl groups is 1. The second-order valence-electron chi connectivity index (χ2n) is 17.9. The van der Waals surface area contributed by atoms with Gasteiger partial charge in [0.15, 0.2) is 0 Å². The summed E-state index contributed by atoms with van der Waals surface area (Å²) in [6.45, 7) is 20.0. The van der Waals surface area contributed by atoms with Crippen molar-refractivity contribution in [2.45, 2.75) is 84.7 Å². The number of anilines is 1. The molecule has 1 unspecified atom stereocenters. The fourth-order valence-electron chi connectivity index (χ4n) is 7.82. The van der Waals surface area contributed by atoms with Crippen molar-refractivity contribution in [2.75, 3.05) is 5.32 Å². The van der Waals surface area contributed by atoms with E-state index >= 15 is 0 Å². The molecule has 1 aliphatic rings. The van der Waals surface area contributed by atoms with E-state index in [1.54, 1.807) is 0 Å². The number of phenols is 1. The van der Waals surface area contributed by atoms with Crippen LogP contribution in [0.4, 0.5) is 5.69 Å². The van der Waals surface area contributed by atoms with E-state index in [1.807, 2.05) is 12.3 Å². The Morgan fingerprint density at radius 1 is 0.611 bits per heavy atom. The zero-order valence-electron chi connectivity index (χ0n) is 32.9. The topological polar surface area (TPSA) is 63.0 Å². The second kappa shape index (κ2) is 12.7. The normalized spacial score (nSPS) is 14.4. The van der Waals surface area contributed by atoms with E-state index in [-0.39, 0.29) is 28.2 Å². The second-order valence-corrected chi connectivity index (χ2v) is 17.9. The molecule has 54 heavy (non-hydrogen) atoms. The highest BCUT2D eigenvalue weighted by Gasteiger charge is 2.37. The van der Waals surface area contributed by atoms with E-state index in [1.165, 1.54) is 5.56 Å². The van der Waals surface area contributed by atoms with Crippen LogP contribution in [0.25, 0.3) is 55.9 Å². The van der Waals surface area contributed by atoms with Gasteiger partial charge in [0.05, 0.1) is 28.0 Å². The van der Waals surface area contributed by atoms with Crippen LogP contribution in [0.2, 0.25) is 0 Å². The van der Waals surface area contributed by atoms with Gasteiger partial charge in [-0.1, -0.05) is 141 Å². The standard InChI is InChI=1S/C49H50N4O/c1-47(2,3)35-26-33(25-34(27-35)39-28-32(23-24-50-39)30-17-12-10-13-18-30)36-21-16-22-40-42(36)51-46-41-43(52-45(53(40)46)31-19-14-11-15-20-31)37(48(4,5)6)29-38(44(41)54)49(7,8)9/h10-29,45,52,54H,1-9H3. The molecule has 0 saturated heterocycles. The maximum absolute atomic E-state index is 12.3. The number of para-hydroxylation sites is 1. The van der Waals surface area contributed by atoms with Gasteiger partial charge < -0.3 is 10.4 Å². The van der Waals surface area contributed by atoms with Crippen molar-refractivity contribution >= 4 is 16.7 Å². The molecule has 5 aromatic carbocycles. The molecule has 272 valence electrons. The Bertz CT molecular complexity index is 2530. The number of pyridine rings is 1. The summed E-state index contributed by atoms with van der Waals surface area (Å²) in [6, 6.07) is 40.8. The quantitative estimate of drug-likeness (QED) is 0.191. The van der Waals surface area contributed by atoms with Crippen LogP contribution < -0.4 is 5.32 Å². The average molecular weight is 711 g/mol. The number of benzene rings is 5. The number of hydrogen-bond acceptors (Lipinski definition) is 4. The van der Waals surface area contributed by atoms with Crippen LogP contribution in [0, 0.1) is 0 Å². The first kappa shape index (κ1) is 35.4. The highest BCUT2D eigenvalue weighted by molar-refractivity contribution is 5.98. The number of hydrogen-bond donors (Lipinski definition) is 2. The maximum Gasteiger partial charge on any atom is 0.149 e. The van der Waals surface area contributed by atoms with Crippen LogP contribution >= 0.6 is 0 Å². The Morgan fingerprint density at radius 3 is 1.94 bits per heavy atom. The third kappa shape index (κ3) is 6.16. The molecule has 0 saturated carbocycles. The number of rotatable bonds is 4. The molecule has 1 atom stereocenters. The minimum absolute atomic E-state index is 0.108. The molecule has 1 aliphatic heterocycles. The number of imidazole rings is 1. The molecular weight excluding hydrogens is 661 g/mol. The van der Waals surface area contributed by atoms with Crippen LogP contribution in [-0.2, 0) is 16.2 Å². The molecule has 0 amide bonds. The molecule has 0 radical (unpaired) electrons. The lowest BCUT2D eigenvalue weighted by molar-refractivity contribution is 0.445. The molecule has 5 heteroatoms. The predicted octanol–water partition coefficient (Wildman–Crippen LogP) is 12.7. The number of aromatic nitrogens is 3. The Morgan fingerprint density at radius 2 is 1.28 bits per heavy atom. The monoisotopic (exact) mass is 710 g/mol. The van der Waals surface area contributed by atoms with E-state index in [2.05, 4.69) is 181 Å². The van der Waals surface area contributed by atoms with Gasteiger partial charge in [0.2, 0.25) is 0 Å². The molecule has 0 fully saturated rings. The van der Waals surface area contributed by atoms with Gasteiger partial charge in [0.1, 0.15) is 17.7 Å². The van der Waals surface area contributed by atoms with Gasteiger partial charge in [-0.2, -0.15) is 0 Å². The van der Waals surface area contributed by atoms with Crippen molar-refractivity contribution in [2.24, 2.45) is 0 Å². The number of fused-ring (bicyclic) bond motifs is 5. The van der Waals surface area contributed by atoms with Crippen molar-refractivity contribution in [3.05, 3.63) is 144 Å². The summed E-state index contributed by atoms with van der Waals surface area (Å²) >= 11 is 0. The van der Waals surface area contributed by atoms with E-state index in [0.717, 1.165) is 78.3 Å². The third-order valence-corrected chi connectivity index (χ3v) is 10.8. The lowest BCUT2D eigenvalue weighted by atomic mass is 9.77. The van der Waals surface area contributed by atoms with E-state index in [9.17, 15) is 5.11 Å². The molecule has 0 spiro atoms. The molecule has 0 bridgehead atoms. The minimum atomic E-state index is -0.285. The summed E-state index contributed by atoms with van der Waals surface area (Å²) in [5.74, 6) is 1.04. The van der Waals surface area contributed by atoms with Crippen molar-refractivity contribution < 1.29 is 5.11 Å². The lowest BCUT2D eigenvalue weighted by Gasteiger charge is -2.37. The molecule has 8 rings (SSSR count). The molecule has 5 nitrogen and oxygen atoms in total. The Labute approximate surface area is 319 Å². The zero-order chi connectivity index (χ0) is 38.2. The van der Waals surface area contributed by atoms with Crippen LogP contribution in [-0.4, -0.2) is 19.6 Å². The molecular formula is C49H50N4O. The SMILES string of the molecule is CC(C)(C)c1cc(-c2cc(-c3ccccc3)ccn2)cc(-c2cccc3c2nc2n3C(c3ccccc3)Nc3c(C(C)(C)C)cc(C(C)(C)C)c(O)c3-2)c1. The zero-order valence-corrected chi connectivity index (χ0v) is 32.9. The summed E-state index contributed by atoms with van der Waals surface area (Å²) in [7, 11) is 0. The molecule has 2 N–H and O–H groups in total. The van der Waals surface area contributed by atoms with E-state index < -0.39 is 0 Å². The van der Waals surface area contributed by atoms with E-state index in [4.69, 9.17) is 9.97 Å². The molecule has 3 heterocycles. The van der Waals surface area contributed by atoms with Gasteiger partial charge >= 0.3 is 0 Å². The van der Waals surface area contributed by atoms with Crippen molar-refractivity contribution in [1.29, 1.82) is 0 Å². The minimum Gasteiger partial charge on any atom is -0.507 e. The highest BCUT2D eigenvalue weighted by Crippen LogP contribution is 2.53. The first-order valence-corrected chi connectivity index (χ1v) is 19.0.